The van der Waals surface area contributed by atoms with Gasteiger partial charge < -0.3 is 10.4 Å². The Morgan fingerprint density at radius 3 is 2.46 bits per heavy atom. The fourth-order valence-electron chi connectivity index (χ4n) is 1.26. The Balaban J connectivity index is 3.44. The summed E-state index contributed by atoms with van der Waals surface area (Å²) in [6.07, 6.45) is 6.20. The van der Waals surface area contributed by atoms with Crippen molar-refractivity contribution in [1.29, 1.82) is 0 Å². The lowest BCUT2D eigenvalue weighted by Crippen LogP contribution is -2.29. The minimum absolute atomic E-state index is 0.201. The molecule has 0 fully saturated rings. The van der Waals surface area contributed by atoms with E-state index in [1.807, 2.05) is 6.92 Å². The molecular formula is C11H23NO. The van der Waals surface area contributed by atoms with Crippen LogP contribution in [0.25, 0.3) is 0 Å². The summed E-state index contributed by atoms with van der Waals surface area (Å²) in [5, 5.41) is 12.7. The molecule has 0 saturated carbocycles. The van der Waals surface area contributed by atoms with Gasteiger partial charge in [0.2, 0.25) is 0 Å². The van der Waals surface area contributed by atoms with E-state index in [2.05, 4.69) is 31.3 Å². The van der Waals surface area contributed by atoms with Gasteiger partial charge in [-0.1, -0.05) is 26.0 Å². The van der Waals surface area contributed by atoms with E-state index in [9.17, 15) is 5.11 Å². The van der Waals surface area contributed by atoms with Crippen LogP contribution in [0.2, 0.25) is 0 Å². The molecule has 0 heterocycles. The minimum atomic E-state index is -0.201. The van der Waals surface area contributed by atoms with Crippen LogP contribution in [-0.2, 0) is 0 Å². The molecule has 0 aromatic heterocycles. The van der Waals surface area contributed by atoms with Crippen LogP contribution in [0, 0.1) is 5.92 Å². The van der Waals surface area contributed by atoms with Crippen LogP contribution >= 0.6 is 0 Å². The Hall–Kier alpha value is -0.340. The van der Waals surface area contributed by atoms with E-state index in [0.29, 0.717) is 5.92 Å². The van der Waals surface area contributed by atoms with E-state index in [1.54, 1.807) is 0 Å². The highest BCUT2D eigenvalue weighted by atomic mass is 16.3. The number of aliphatic hydroxyl groups excluding tert-OH is 1. The summed E-state index contributed by atoms with van der Waals surface area (Å²) < 4.78 is 0. The summed E-state index contributed by atoms with van der Waals surface area (Å²) in [4.78, 5) is 0. The second-order valence-electron chi connectivity index (χ2n) is 3.45. The van der Waals surface area contributed by atoms with Gasteiger partial charge in [-0.2, -0.15) is 0 Å². The Morgan fingerprint density at radius 2 is 2.00 bits per heavy atom. The summed E-state index contributed by atoms with van der Waals surface area (Å²) in [6.45, 7) is 7.92. The van der Waals surface area contributed by atoms with Crippen LogP contribution in [0.3, 0.4) is 0 Å². The number of allylic oxidation sites excluding steroid dienone is 1. The maximum Gasteiger partial charge on any atom is 0.0552 e. The number of nitrogens with one attached hydrogen (secondary N) is 1. The van der Waals surface area contributed by atoms with Crippen molar-refractivity contribution in [2.24, 2.45) is 5.92 Å². The van der Waals surface area contributed by atoms with Crippen molar-refractivity contribution in [1.82, 2.24) is 5.32 Å². The van der Waals surface area contributed by atoms with Crippen molar-refractivity contribution in [2.45, 2.75) is 39.7 Å². The van der Waals surface area contributed by atoms with E-state index >= 15 is 0 Å². The molecule has 2 nitrogen and oxygen atoms in total. The standard InChI is InChI=1S/C11H23NO/c1-4-6-7-8-12-9-11(5-2)10(3)13/h6-7,10-13H,4-5,8-9H2,1-3H3. The molecule has 0 spiro atoms. The van der Waals surface area contributed by atoms with Crippen molar-refractivity contribution >= 4 is 0 Å². The molecule has 13 heavy (non-hydrogen) atoms. The lowest BCUT2D eigenvalue weighted by Gasteiger charge is -2.17. The van der Waals surface area contributed by atoms with Crippen LogP contribution < -0.4 is 5.32 Å². The Morgan fingerprint density at radius 1 is 1.31 bits per heavy atom. The fraction of sp³-hybridized carbons (Fsp3) is 0.818. The summed E-state index contributed by atoms with van der Waals surface area (Å²) in [6, 6.07) is 0. The normalized spacial score (nSPS) is 16.3. The van der Waals surface area contributed by atoms with Crippen molar-refractivity contribution < 1.29 is 5.11 Å². The van der Waals surface area contributed by atoms with Crippen LogP contribution in [0.1, 0.15) is 33.6 Å². The molecule has 0 aromatic rings. The highest BCUT2D eigenvalue weighted by Crippen LogP contribution is 2.06. The molecule has 0 amide bonds. The molecule has 2 heteroatoms. The first-order valence-corrected chi connectivity index (χ1v) is 5.26. The van der Waals surface area contributed by atoms with Crippen LogP contribution in [0.5, 0.6) is 0 Å². The quantitative estimate of drug-likeness (QED) is 0.469. The monoisotopic (exact) mass is 185 g/mol. The zero-order valence-electron chi connectivity index (χ0n) is 9.09. The van der Waals surface area contributed by atoms with Crippen molar-refractivity contribution in [3.8, 4) is 0 Å². The number of hydrogen-bond donors (Lipinski definition) is 2. The van der Waals surface area contributed by atoms with Gasteiger partial charge in [-0.3, -0.25) is 0 Å². The molecule has 0 radical (unpaired) electrons. The SMILES string of the molecule is CCC=CCNCC(CC)C(C)O. The van der Waals surface area contributed by atoms with Gasteiger partial charge in [-0.05, 0) is 25.7 Å². The van der Waals surface area contributed by atoms with Crippen molar-refractivity contribution in [3.63, 3.8) is 0 Å². The Labute approximate surface area is 82.0 Å². The van der Waals surface area contributed by atoms with Gasteiger partial charge in [0, 0.05) is 13.1 Å². The summed E-state index contributed by atoms with van der Waals surface area (Å²) in [7, 11) is 0. The average molecular weight is 185 g/mol. The molecular weight excluding hydrogens is 162 g/mol. The lowest BCUT2D eigenvalue weighted by atomic mass is 10.0. The molecule has 0 aliphatic carbocycles. The average Bonchev–Trinajstić information content (AvgIpc) is 2.10. The molecule has 2 atom stereocenters. The second kappa shape index (κ2) is 8.27. The van der Waals surface area contributed by atoms with E-state index in [-0.39, 0.29) is 6.10 Å². The van der Waals surface area contributed by atoms with Crippen LogP contribution in [0.4, 0.5) is 0 Å². The third kappa shape index (κ3) is 6.79. The van der Waals surface area contributed by atoms with E-state index in [4.69, 9.17) is 0 Å². The van der Waals surface area contributed by atoms with E-state index in [0.717, 1.165) is 25.9 Å². The maximum absolute atomic E-state index is 9.36. The molecule has 0 bridgehead atoms. The Bertz CT molecular complexity index is 132. The maximum atomic E-state index is 9.36. The lowest BCUT2D eigenvalue weighted by molar-refractivity contribution is 0.122. The number of rotatable bonds is 7. The number of aliphatic hydroxyl groups is 1. The minimum Gasteiger partial charge on any atom is -0.393 e. The zero-order chi connectivity index (χ0) is 10.1. The fourth-order valence-corrected chi connectivity index (χ4v) is 1.26. The largest absolute Gasteiger partial charge is 0.393 e. The number of hydrogen-bond acceptors (Lipinski definition) is 2. The molecule has 78 valence electrons. The zero-order valence-corrected chi connectivity index (χ0v) is 9.09. The van der Waals surface area contributed by atoms with E-state index < -0.39 is 0 Å². The van der Waals surface area contributed by atoms with Gasteiger partial charge >= 0.3 is 0 Å². The first kappa shape index (κ1) is 12.7. The molecule has 0 aliphatic rings. The van der Waals surface area contributed by atoms with Gasteiger partial charge in [0.1, 0.15) is 0 Å². The highest BCUT2D eigenvalue weighted by molar-refractivity contribution is 4.82. The van der Waals surface area contributed by atoms with Crippen molar-refractivity contribution in [3.05, 3.63) is 12.2 Å². The smallest absolute Gasteiger partial charge is 0.0552 e. The third-order valence-corrected chi connectivity index (χ3v) is 2.28. The summed E-state index contributed by atoms with van der Waals surface area (Å²) in [5.74, 6) is 0.384. The molecule has 0 saturated heterocycles. The van der Waals surface area contributed by atoms with Crippen LogP contribution in [-0.4, -0.2) is 24.3 Å². The summed E-state index contributed by atoms with van der Waals surface area (Å²) >= 11 is 0. The topological polar surface area (TPSA) is 32.3 Å². The van der Waals surface area contributed by atoms with E-state index in [1.165, 1.54) is 0 Å². The third-order valence-electron chi connectivity index (χ3n) is 2.28. The van der Waals surface area contributed by atoms with Gasteiger partial charge in [0.05, 0.1) is 6.10 Å². The molecule has 2 N–H and O–H groups in total. The molecule has 0 aromatic carbocycles. The molecule has 0 rings (SSSR count). The first-order chi connectivity index (χ1) is 6.22. The van der Waals surface area contributed by atoms with Gasteiger partial charge in [-0.15, -0.1) is 0 Å². The van der Waals surface area contributed by atoms with Gasteiger partial charge in [0.15, 0.2) is 0 Å². The molecule has 0 aliphatic heterocycles. The predicted molar refractivity (Wildman–Crippen MR) is 57.8 cm³/mol. The summed E-state index contributed by atoms with van der Waals surface area (Å²) in [5.41, 5.74) is 0. The Kier molecular flexibility index (Phi) is 8.05. The van der Waals surface area contributed by atoms with Crippen LogP contribution in [0.15, 0.2) is 12.2 Å². The van der Waals surface area contributed by atoms with Crippen molar-refractivity contribution in [2.75, 3.05) is 13.1 Å². The predicted octanol–water partition coefficient (Wildman–Crippen LogP) is 1.95. The molecule has 2 unspecified atom stereocenters. The first-order valence-electron chi connectivity index (χ1n) is 5.26. The van der Waals surface area contributed by atoms with Gasteiger partial charge in [-0.25, -0.2) is 0 Å². The second-order valence-corrected chi connectivity index (χ2v) is 3.45. The highest BCUT2D eigenvalue weighted by Gasteiger charge is 2.10. The van der Waals surface area contributed by atoms with Gasteiger partial charge in [0.25, 0.3) is 0 Å².